The molecule has 13 rings (SSSR count). The molecular formula is C76H62N12O12. The third-order valence-electron chi connectivity index (χ3n) is 16.4. The van der Waals surface area contributed by atoms with Gasteiger partial charge in [-0.25, -0.2) is 9.97 Å². The predicted octanol–water partition coefficient (Wildman–Crippen LogP) is 19.9. The van der Waals surface area contributed by atoms with Gasteiger partial charge in [-0.2, -0.15) is 20.5 Å². The summed E-state index contributed by atoms with van der Waals surface area (Å²) in [6.07, 6.45) is 7.43. The second kappa shape index (κ2) is 28.4. The first-order valence-electron chi connectivity index (χ1n) is 30.8. The van der Waals surface area contributed by atoms with E-state index in [0.29, 0.717) is 135 Å². The minimum absolute atomic E-state index is 0.0704. The SMILES string of the molecule is COc1ccc(N=Nc2cc(-c3c4nc(c(-c5cc(N=Nc6ccc(OC)cc6)c(O)c(OC)c5)c5ccc([nH]5)c(-c5cc(N=Nc6ccc(OC)cc6)c(O)c(OC)c5)c5nc(c(-c6cc(N=Nc7ccc(OC)cc7)c(O)c(OC)c6)c6ccc3[nH]6)C=C5)C=C4)cc(OC)c2O)cc1. The van der Waals surface area contributed by atoms with Crippen molar-refractivity contribution < 1.29 is 58.3 Å². The number of phenols is 4. The minimum Gasteiger partial charge on any atom is -0.503 e. The van der Waals surface area contributed by atoms with Crippen LogP contribution in [0.15, 0.2) is 211 Å². The fraction of sp³-hybridized carbons (Fsp3) is 0.105. The van der Waals surface area contributed by atoms with E-state index in [1.807, 2.05) is 48.6 Å². The summed E-state index contributed by atoms with van der Waals surface area (Å²) in [5.41, 5.74) is 10.0. The van der Waals surface area contributed by atoms with E-state index >= 15 is 0 Å². The molecule has 100 heavy (non-hydrogen) atoms. The van der Waals surface area contributed by atoms with E-state index in [9.17, 15) is 20.4 Å². The Morgan fingerprint density at radius 1 is 0.260 bits per heavy atom. The van der Waals surface area contributed by atoms with Gasteiger partial charge in [0.25, 0.3) is 0 Å². The van der Waals surface area contributed by atoms with E-state index in [1.165, 1.54) is 28.4 Å². The number of H-pyrrole nitrogens is 2. The number of azo groups is 4. The van der Waals surface area contributed by atoms with Gasteiger partial charge in [0.15, 0.2) is 46.0 Å². The molecule has 2 aliphatic rings. The lowest BCUT2D eigenvalue weighted by Crippen LogP contribution is -1.92. The molecular weight excluding hydrogens is 1270 g/mol. The number of nitrogens with one attached hydrogen (secondary N) is 2. The van der Waals surface area contributed by atoms with Crippen molar-refractivity contribution in [3.8, 4) is 114 Å². The highest BCUT2D eigenvalue weighted by Gasteiger charge is 2.25. The summed E-state index contributed by atoms with van der Waals surface area (Å²) >= 11 is 0. The first-order chi connectivity index (χ1) is 48.8. The fourth-order valence-corrected chi connectivity index (χ4v) is 11.3. The van der Waals surface area contributed by atoms with E-state index in [4.69, 9.17) is 47.9 Å². The molecule has 0 atom stereocenters. The number of phenolic OH excluding ortho intramolecular Hbond substituents is 4. The Morgan fingerprint density at radius 2 is 0.470 bits per heavy atom. The Bertz CT molecular complexity index is 4690. The van der Waals surface area contributed by atoms with Gasteiger partial charge < -0.3 is 68.3 Å². The van der Waals surface area contributed by atoms with Gasteiger partial charge >= 0.3 is 0 Å². The number of aromatic amines is 2. The molecule has 11 aromatic rings. The average molecular weight is 1340 g/mol. The highest BCUT2D eigenvalue weighted by molar-refractivity contribution is 6.01. The molecule has 0 fully saturated rings. The van der Waals surface area contributed by atoms with Crippen molar-refractivity contribution in [2.45, 2.75) is 0 Å². The Morgan fingerprint density at radius 3 is 0.660 bits per heavy atom. The zero-order valence-electron chi connectivity index (χ0n) is 55.0. The zero-order valence-corrected chi connectivity index (χ0v) is 55.0. The van der Waals surface area contributed by atoms with E-state index in [1.54, 1.807) is 174 Å². The first kappa shape index (κ1) is 65.0. The minimum atomic E-state index is -0.272. The lowest BCUT2D eigenvalue weighted by Gasteiger charge is -2.12. The van der Waals surface area contributed by atoms with Crippen LogP contribution in [0.5, 0.6) is 69.0 Å². The summed E-state index contributed by atoms with van der Waals surface area (Å²) in [7, 11) is 12.0. The summed E-state index contributed by atoms with van der Waals surface area (Å²) in [4.78, 5) is 18.4. The normalized spacial score (nSPS) is 11.9. The van der Waals surface area contributed by atoms with Crippen molar-refractivity contribution >= 4 is 91.9 Å². The van der Waals surface area contributed by atoms with Crippen LogP contribution in [0.4, 0.5) is 45.5 Å². The lowest BCUT2D eigenvalue weighted by atomic mass is 10.0. The Kier molecular flexibility index (Phi) is 18.4. The van der Waals surface area contributed by atoms with Gasteiger partial charge in [-0.05, 0) is 216 Å². The van der Waals surface area contributed by atoms with Crippen LogP contribution in [0.2, 0.25) is 0 Å². The van der Waals surface area contributed by atoms with E-state index in [-0.39, 0.29) is 68.7 Å². The van der Waals surface area contributed by atoms with E-state index in [2.05, 4.69) is 50.9 Å². The van der Waals surface area contributed by atoms with Crippen molar-refractivity contribution in [3.05, 3.63) is 193 Å². The molecule has 5 heterocycles. The summed E-state index contributed by atoms with van der Waals surface area (Å²) in [6, 6.07) is 48.9. The second-order valence-corrected chi connectivity index (χ2v) is 22.3. The quantitative estimate of drug-likeness (QED) is 0.0387. The van der Waals surface area contributed by atoms with Gasteiger partial charge in [-0.15, -0.1) is 20.5 Å². The third kappa shape index (κ3) is 13.2. The summed E-state index contributed by atoms with van der Waals surface area (Å²) in [6.45, 7) is 0. The number of hydrogen-bond acceptors (Lipinski definition) is 22. The number of aromatic nitrogens is 4. The summed E-state index contributed by atoms with van der Waals surface area (Å²) in [5.74, 6) is 1.73. The number of rotatable bonds is 20. The lowest BCUT2D eigenvalue weighted by molar-refractivity contribution is 0.374. The van der Waals surface area contributed by atoms with Crippen molar-refractivity contribution in [2.24, 2.45) is 40.9 Å². The largest absolute Gasteiger partial charge is 0.503 e. The molecule has 24 heteroatoms. The monoisotopic (exact) mass is 1330 g/mol. The molecule has 0 saturated heterocycles. The number of aromatic hydroxyl groups is 4. The highest BCUT2D eigenvalue weighted by atomic mass is 16.5. The molecule has 8 aromatic carbocycles. The van der Waals surface area contributed by atoms with Crippen molar-refractivity contribution in [1.82, 2.24) is 19.9 Å². The third-order valence-corrected chi connectivity index (χ3v) is 16.4. The molecule has 0 spiro atoms. The molecule has 498 valence electrons. The Labute approximate surface area is 571 Å². The molecule has 0 unspecified atom stereocenters. The molecule has 24 nitrogen and oxygen atoms in total. The molecule has 8 bridgehead atoms. The number of ether oxygens (including phenoxy) is 8. The van der Waals surface area contributed by atoms with Gasteiger partial charge in [0.2, 0.25) is 0 Å². The van der Waals surface area contributed by atoms with E-state index < -0.39 is 0 Å². The Balaban J connectivity index is 1.14. The van der Waals surface area contributed by atoms with Crippen LogP contribution in [-0.4, -0.2) is 97.2 Å². The molecule has 3 aromatic heterocycles. The molecule has 0 saturated carbocycles. The van der Waals surface area contributed by atoms with Gasteiger partial charge in [-0.1, -0.05) is 0 Å². The van der Waals surface area contributed by atoms with Gasteiger partial charge in [0.1, 0.15) is 45.7 Å². The van der Waals surface area contributed by atoms with Crippen LogP contribution in [0.3, 0.4) is 0 Å². The van der Waals surface area contributed by atoms with E-state index in [0.717, 1.165) is 0 Å². The fourth-order valence-electron chi connectivity index (χ4n) is 11.3. The Hall–Kier alpha value is -13.6. The maximum Gasteiger partial charge on any atom is 0.185 e. The molecule has 2 aliphatic heterocycles. The predicted molar refractivity (Wildman–Crippen MR) is 382 cm³/mol. The van der Waals surface area contributed by atoms with Crippen LogP contribution in [-0.2, 0) is 0 Å². The summed E-state index contributed by atoms with van der Waals surface area (Å²) in [5, 5.41) is 83.5. The van der Waals surface area contributed by atoms with Gasteiger partial charge in [-0.3, -0.25) is 0 Å². The molecule has 0 radical (unpaired) electrons. The number of methoxy groups -OCH3 is 8. The van der Waals surface area contributed by atoms with Crippen LogP contribution in [0.1, 0.15) is 22.8 Å². The number of fused-ring (bicyclic) bond motifs is 8. The molecule has 0 amide bonds. The smallest absolute Gasteiger partial charge is 0.185 e. The standard InChI is InChI=1S/C76H62N12O12/c1-93-49-17-9-45(10-18-49)81-85-61-33-41(37-65(97-5)73(61)89)69-53-25-27-55(77-53)70(42-34-62(74(90)66(38-42)98-6)86-82-46-11-19-50(94-2)20-12-46)57-29-31-59(79-57)72(44-36-64(76(92)68(40-44)100-8)88-84-48-15-23-52(96-4)24-16-48)60-32-30-58(80-60)71(56-28-26-54(69)78-56)43-35-63(75(91)67(39-43)99-7)87-83-47-13-21-51(95-3)22-14-47/h9-40,77,80,89-92H,1-8H3. The second-order valence-electron chi connectivity index (χ2n) is 22.3. The molecule has 0 aliphatic carbocycles. The maximum atomic E-state index is 11.8. The number of hydrogen-bond donors (Lipinski definition) is 6. The summed E-state index contributed by atoms with van der Waals surface area (Å²) < 4.78 is 45.0. The van der Waals surface area contributed by atoms with Crippen LogP contribution >= 0.6 is 0 Å². The highest BCUT2D eigenvalue weighted by Crippen LogP contribution is 2.50. The molecule has 6 N–H and O–H groups in total. The zero-order chi connectivity index (χ0) is 69.6. The average Bonchev–Trinajstić information content (AvgIpc) is 1.59. The van der Waals surface area contributed by atoms with Crippen LogP contribution in [0, 0.1) is 0 Å². The topological polar surface area (TPSA) is 311 Å². The van der Waals surface area contributed by atoms with Crippen LogP contribution < -0.4 is 37.9 Å². The first-order valence-corrected chi connectivity index (χ1v) is 30.8. The van der Waals surface area contributed by atoms with Gasteiger partial charge in [0, 0.05) is 44.3 Å². The number of nitrogens with zero attached hydrogens (tertiary/aromatic N) is 10. The number of benzene rings is 8. The van der Waals surface area contributed by atoms with Crippen molar-refractivity contribution in [1.29, 1.82) is 0 Å². The van der Waals surface area contributed by atoms with Gasteiger partial charge in [0.05, 0.1) is 102 Å². The van der Waals surface area contributed by atoms with Crippen molar-refractivity contribution in [3.63, 3.8) is 0 Å². The van der Waals surface area contributed by atoms with Crippen LogP contribution in [0.25, 0.3) is 90.9 Å². The maximum absolute atomic E-state index is 11.8. The van der Waals surface area contributed by atoms with Crippen molar-refractivity contribution in [2.75, 3.05) is 56.9 Å².